The van der Waals surface area contributed by atoms with Gasteiger partial charge in [-0.05, 0) is 37.6 Å². The highest BCUT2D eigenvalue weighted by Gasteiger charge is 2.34. The number of hydrogen-bond acceptors (Lipinski definition) is 5. The molecule has 35 heavy (non-hydrogen) atoms. The van der Waals surface area contributed by atoms with Crippen LogP contribution in [0.15, 0.2) is 77.2 Å². The third-order valence-electron chi connectivity index (χ3n) is 6.04. The molecule has 0 atom stereocenters. The van der Waals surface area contributed by atoms with Crippen LogP contribution in [0.1, 0.15) is 55.2 Å². The topological polar surface area (TPSA) is 96.7 Å². The van der Waals surface area contributed by atoms with Crippen LogP contribution in [-0.2, 0) is 4.79 Å². The Morgan fingerprint density at radius 3 is 2.17 bits per heavy atom. The summed E-state index contributed by atoms with van der Waals surface area (Å²) in [6, 6.07) is 20.9. The van der Waals surface area contributed by atoms with Crippen molar-refractivity contribution in [2.75, 3.05) is 11.9 Å². The van der Waals surface area contributed by atoms with Crippen molar-refractivity contribution in [2.24, 2.45) is 0 Å². The summed E-state index contributed by atoms with van der Waals surface area (Å²) in [5.74, 6) is -1.31. The summed E-state index contributed by atoms with van der Waals surface area (Å²) in [5, 5.41) is 3.44. The Balaban J connectivity index is 1.30. The van der Waals surface area contributed by atoms with Crippen LogP contribution in [-0.4, -0.2) is 34.9 Å². The van der Waals surface area contributed by atoms with Gasteiger partial charge in [-0.2, -0.15) is 0 Å². The Labute approximate surface area is 201 Å². The Bertz CT molecular complexity index is 1450. The SMILES string of the molecule is Cc1ccc(C(=O)c2oc3ccccc3c2NC(=O)CCCN2C(=O)c3ccccc3C2=O)cc1. The Morgan fingerprint density at radius 1 is 0.857 bits per heavy atom. The van der Waals surface area contributed by atoms with Crippen molar-refractivity contribution >= 4 is 40.2 Å². The fraction of sp³-hybridized carbons (Fsp3) is 0.143. The van der Waals surface area contributed by atoms with Gasteiger partial charge < -0.3 is 9.73 Å². The first kappa shape index (κ1) is 22.3. The molecule has 1 aliphatic rings. The lowest BCUT2D eigenvalue weighted by Gasteiger charge is -2.13. The molecular formula is C28H22N2O5. The van der Waals surface area contributed by atoms with E-state index in [1.165, 1.54) is 0 Å². The van der Waals surface area contributed by atoms with Gasteiger partial charge in [-0.3, -0.25) is 24.1 Å². The van der Waals surface area contributed by atoms with Gasteiger partial charge >= 0.3 is 0 Å². The fourth-order valence-electron chi connectivity index (χ4n) is 4.21. The molecule has 0 aliphatic carbocycles. The maximum Gasteiger partial charge on any atom is 0.261 e. The van der Waals surface area contributed by atoms with E-state index < -0.39 is 0 Å². The van der Waals surface area contributed by atoms with Crippen molar-refractivity contribution in [1.82, 2.24) is 4.90 Å². The number of hydrogen-bond donors (Lipinski definition) is 1. The summed E-state index contributed by atoms with van der Waals surface area (Å²) in [6.45, 7) is 2.06. The highest BCUT2D eigenvalue weighted by atomic mass is 16.3. The smallest absolute Gasteiger partial charge is 0.261 e. The van der Waals surface area contributed by atoms with Gasteiger partial charge in [0.25, 0.3) is 11.8 Å². The third kappa shape index (κ3) is 4.12. The highest BCUT2D eigenvalue weighted by molar-refractivity contribution is 6.21. The van der Waals surface area contributed by atoms with E-state index >= 15 is 0 Å². The molecule has 0 bridgehead atoms. The first-order chi connectivity index (χ1) is 16.9. The molecule has 0 spiro atoms. The highest BCUT2D eigenvalue weighted by Crippen LogP contribution is 2.33. The number of benzene rings is 3. The van der Waals surface area contributed by atoms with E-state index in [2.05, 4.69) is 5.32 Å². The van der Waals surface area contributed by atoms with E-state index in [4.69, 9.17) is 4.42 Å². The number of amides is 3. The summed E-state index contributed by atoms with van der Waals surface area (Å²) in [4.78, 5) is 52.2. The molecule has 0 unspecified atom stereocenters. The zero-order valence-corrected chi connectivity index (χ0v) is 19.0. The second-order valence-corrected chi connectivity index (χ2v) is 8.46. The van der Waals surface area contributed by atoms with Crippen LogP contribution in [0.2, 0.25) is 0 Å². The van der Waals surface area contributed by atoms with E-state index in [1.807, 2.05) is 19.1 Å². The molecule has 1 aromatic heterocycles. The van der Waals surface area contributed by atoms with Crippen LogP contribution in [0.25, 0.3) is 11.0 Å². The number of aryl methyl sites for hydroxylation is 1. The van der Waals surface area contributed by atoms with Crippen LogP contribution in [0.4, 0.5) is 5.69 Å². The molecule has 3 amide bonds. The van der Waals surface area contributed by atoms with Gasteiger partial charge in [0.15, 0.2) is 5.76 Å². The van der Waals surface area contributed by atoms with E-state index in [9.17, 15) is 19.2 Å². The lowest BCUT2D eigenvalue weighted by atomic mass is 10.1. The first-order valence-electron chi connectivity index (χ1n) is 11.3. The zero-order chi connectivity index (χ0) is 24.5. The van der Waals surface area contributed by atoms with Gasteiger partial charge in [0.2, 0.25) is 11.7 Å². The molecule has 4 aromatic rings. The van der Waals surface area contributed by atoms with E-state index in [0.29, 0.717) is 33.3 Å². The predicted molar refractivity (Wildman–Crippen MR) is 130 cm³/mol. The number of carbonyl (C=O) groups is 4. The number of nitrogens with zero attached hydrogens (tertiary/aromatic N) is 1. The average molecular weight is 466 g/mol. The quantitative estimate of drug-likeness (QED) is 0.306. The number of carbonyl (C=O) groups excluding carboxylic acids is 4. The van der Waals surface area contributed by atoms with Crippen molar-refractivity contribution < 1.29 is 23.6 Å². The van der Waals surface area contributed by atoms with Crippen molar-refractivity contribution in [1.29, 1.82) is 0 Å². The molecule has 0 saturated carbocycles. The predicted octanol–water partition coefficient (Wildman–Crippen LogP) is 4.99. The van der Waals surface area contributed by atoms with Crippen molar-refractivity contribution in [3.63, 3.8) is 0 Å². The molecule has 5 rings (SSSR count). The second-order valence-electron chi connectivity index (χ2n) is 8.46. The lowest BCUT2D eigenvalue weighted by molar-refractivity contribution is -0.116. The zero-order valence-electron chi connectivity index (χ0n) is 19.0. The number of nitrogens with one attached hydrogen (secondary N) is 1. The maximum atomic E-state index is 13.2. The van der Waals surface area contributed by atoms with Gasteiger partial charge in [-0.25, -0.2) is 0 Å². The van der Waals surface area contributed by atoms with E-state index in [1.54, 1.807) is 60.7 Å². The molecule has 0 saturated heterocycles. The summed E-state index contributed by atoms with van der Waals surface area (Å²) < 4.78 is 5.83. The molecule has 0 radical (unpaired) electrons. The Kier molecular flexibility index (Phi) is 5.74. The minimum Gasteiger partial charge on any atom is -0.450 e. The van der Waals surface area contributed by atoms with E-state index in [0.717, 1.165) is 10.5 Å². The molecule has 0 fully saturated rings. The monoisotopic (exact) mass is 466 g/mol. The van der Waals surface area contributed by atoms with Crippen molar-refractivity contribution in [3.05, 3.63) is 101 Å². The number of imide groups is 1. The molecule has 1 N–H and O–H groups in total. The molecule has 174 valence electrons. The van der Waals surface area contributed by atoms with Gasteiger partial charge in [0.05, 0.1) is 16.8 Å². The van der Waals surface area contributed by atoms with Crippen LogP contribution in [0.3, 0.4) is 0 Å². The van der Waals surface area contributed by atoms with Gasteiger partial charge in [-0.15, -0.1) is 0 Å². The maximum absolute atomic E-state index is 13.2. The van der Waals surface area contributed by atoms with Gasteiger partial charge in [-0.1, -0.05) is 54.1 Å². The second kappa shape index (κ2) is 9.02. The summed E-state index contributed by atoms with van der Waals surface area (Å²) in [6.07, 6.45) is 0.347. The molecule has 3 aromatic carbocycles. The fourth-order valence-corrected chi connectivity index (χ4v) is 4.21. The van der Waals surface area contributed by atoms with Gasteiger partial charge in [0, 0.05) is 23.9 Å². The Hall–Kier alpha value is -4.52. The number of anilines is 1. The first-order valence-corrected chi connectivity index (χ1v) is 11.3. The largest absolute Gasteiger partial charge is 0.450 e. The normalized spacial score (nSPS) is 12.8. The summed E-state index contributed by atoms with van der Waals surface area (Å²) in [5.41, 5.74) is 3.05. The van der Waals surface area contributed by atoms with Crippen LogP contribution in [0.5, 0.6) is 0 Å². The third-order valence-corrected chi connectivity index (χ3v) is 6.04. The van der Waals surface area contributed by atoms with Gasteiger partial charge in [0.1, 0.15) is 5.58 Å². The standard InChI is InChI=1S/C28H22N2O5/c1-17-12-14-18(15-13-17)25(32)26-24(21-9-4-5-10-22(21)35-26)29-23(31)11-6-16-30-27(33)19-7-2-3-8-20(19)28(30)34/h2-5,7-10,12-15H,6,11,16H2,1H3,(H,29,31). The van der Waals surface area contributed by atoms with Crippen LogP contribution in [0, 0.1) is 6.92 Å². The average Bonchev–Trinajstić information content (AvgIpc) is 3.35. The van der Waals surface area contributed by atoms with Crippen LogP contribution >= 0.6 is 0 Å². The van der Waals surface area contributed by atoms with Crippen molar-refractivity contribution in [3.8, 4) is 0 Å². The molecular weight excluding hydrogens is 444 g/mol. The minimum atomic E-state index is -0.349. The van der Waals surface area contributed by atoms with Crippen LogP contribution < -0.4 is 5.32 Å². The lowest BCUT2D eigenvalue weighted by Crippen LogP contribution is -2.31. The number of para-hydroxylation sites is 1. The number of ketones is 1. The number of fused-ring (bicyclic) bond motifs is 2. The molecule has 1 aliphatic heterocycles. The molecule has 2 heterocycles. The number of rotatable bonds is 7. The molecule has 7 nitrogen and oxygen atoms in total. The summed E-state index contributed by atoms with van der Waals surface area (Å²) in [7, 11) is 0. The number of furan rings is 1. The minimum absolute atomic E-state index is 0.0590. The summed E-state index contributed by atoms with van der Waals surface area (Å²) >= 11 is 0. The van der Waals surface area contributed by atoms with Crippen molar-refractivity contribution in [2.45, 2.75) is 19.8 Å². The Morgan fingerprint density at radius 2 is 1.49 bits per heavy atom. The molecule has 7 heteroatoms. The van der Waals surface area contributed by atoms with E-state index in [-0.39, 0.29) is 48.7 Å².